The lowest BCUT2D eigenvalue weighted by molar-refractivity contribution is 0.312. The van der Waals surface area contributed by atoms with Crippen molar-refractivity contribution in [2.24, 2.45) is 5.92 Å². The Bertz CT molecular complexity index is 293. The maximum absolute atomic E-state index is 11.7. The summed E-state index contributed by atoms with van der Waals surface area (Å²) >= 11 is 0. The van der Waals surface area contributed by atoms with Crippen molar-refractivity contribution in [3.63, 3.8) is 0 Å². The minimum absolute atomic E-state index is 0.115. The molecule has 0 atom stereocenters. The lowest BCUT2D eigenvalue weighted by atomic mass is 10.4. The van der Waals surface area contributed by atoms with Gasteiger partial charge in [0.25, 0.3) is 0 Å². The van der Waals surface area contributed by atoms with Crippen molar-refractivity contribution in [1.29, 1.82) is 0 Å². The van der Waals surface area contributed by atoms with Gasteiger partial charge in [-0.1, -0.05) is 0 Å². The lowest BCUT2D eigenvalue weighted by Crippen LogP contribution is -2.37. The molecule has 2 aliphatic rings. The summed E-state index contributed by atoms with van der Waals surface area (Å²) < 4.78 is 25.1. The van der Waals surface area contributed by atoms with Gasteiger partial charge in [-0.25, -0.2) is 8.42 Å². The van der Waals surface area contributed by atoms with Gasteiger partial charge in [0.1, 0.15) is 0 Å². The van der Waals surface area contributed by atoms with Gasteiger partial charge in [-0.05, 0) is 31.6 Å². The molecule has 0 aromatic heterocycles. The van der Waals surface area contributed by atoms with Gasteiger partial charge in [-0.2, -0.15) is 4.31 Å². The topological polar surface area (TPSA) is 57.6 Å². The zero-order valence-electron chi connectivity index (χ0n) is 8.22. The Hall–Kier alpha value is -0.130. The van der Waals surface area contributed by atoms with Crippen molar-refractivity contribution < 1.29 is 13.5 Å². The highest BCUT2D eigenvalue weighted by molar-refractivity contribution is 7.89. The van der Waals surface area contributed by atoms with E-state index in [2.05, 4.69) is 0 Å². The second-order valence-corrected chi connectivity index (χ2v) is 6.32. The van der Waals surface area contributed by atoms with Gasteiger partial charge in [-0.15, -0.1) is 0 Å². The first-order chi connectivity index (χ1) is 6.63. The Morgan fingerprint density at radius 1 is 1.21 bits per heavy atom. The van der Waals surface area contributed by atoms with E-state index in [1.54, 1.807) is 4.31 Å². The first-order valence-corrected chi connectivity index (χ1v) is 6.85. The number of sulfonamides is 1. The van der Waals surface area contributed by atoms with Crippen LogP contribution in [-0.2, 0) is 10.0 Å². The molecule has 4 nitrogen and oxygen atoms in total. The molecule has 1 N–H and O–H groups in total. The summed E-state index contributed by atoms with van der Waals surface area (Å²) in [5.41, 5.74) is 0. The molecule has 0 aliphatic heterocycles. The third-order valence-corrected chi connectivity index (χ3v) is 4.66. The van der Waals surface area contributed by atoms with Crippen molar-refractivity contribution in [3.8, 4) is 0 Å². The molecule has 0 spiro atoms. The van der Waals surface area contributed by atoms with Crippen LogP contribution in [0.2, 0.25) is 0 Å². The Morgan fingerprint density at radius 2 is 1.86 bits per heavy atom. The predicted octanol–water partition coefficient (Wildman–Crippen LogP) is 0.183. The van der Waals surface area contributed by atoms with E-state index in [4.69, 9.17) is 5.11 Å². The normalized spacial score (nSPS) is 23.0. The SMILES string of the molecule is O=S(=O)(CCO)N(CC1CC1)C1CC1. The molecule has 0 saturated heterocycles. The first-order valence-electron chi connectivity index (χ1n) is 5.24. The van der Waals surface area contributed by atoms with E-state index in [-0.39, 0.29) is 18.4 Å². The molecule has 0 aromatic rings. The maximum atomic E-state index is 11.7. The zero-order chi connectivity index (χ0) is 10.2. The molecule has 0 amide bonds. The van der Waals surface area contributed by atoms with Crippen molar-refractivity contribution in [3.05, 3.63) is 0 Å². The van der Waals surface area contributed by atoms with Crippen LogP contribution in [0.4, 0.5) is 0 Å². The van der Waals surface area contributed by atoms with Gasteiger partial charge >= 0.3 is 0 Å². The molecule has 2 rings (SSSR count). The molecule has 2 saturated carbocycles. The van der Waals surface area contributed by atoms with E-state index < -0.39 is 10.0 Å². The number of aliphatic hydroxyl groups is 1. The molecule has 0 unspecified atom stereocenters. The lowest BCUT2D eigenvalue weighted by Gasteiger charge is -2.20. The van der Waals surface area contributed by atoms with E-state index in [0.29, 0.717) is 12.5 Å². The number of nitrogens with zero attached hydrogens (tertiary/aromatic N) is 1. The molecule has 0 heterocycles. The molecular formula is C9H17NO3S. The van der Waals surface area contributed by atoms with Crippen LogP contribution in [0.3, 0.4) is 0 Å². The second kappa shape index (κ2) is 3.79. The molecule has 0 radical (unpaired) electrons. The molecular weight excluding hydrogens is 202 g/mol. The highest BCUT2D eigenvalue weighted by atomic mass is 32.2. The molecule has 14 heavy (non-hydrogen) atoms. The smallest absolute Gasteiger partial charge is 0.216 e. The van der Waals surface area contributed by atoms with Crippen LogP contribution in [0.5, 0.6) is 0 Å². The van der Waals surface area contributed by atoms with Crippen molar-refractivity contribution in [2.45, 2.75) is 31.7 Å². The van der Waals surface area contributed by atoms with Crippen molar-refractivity contribution >= 4 is 10.0 Å². The maximum Gasteiger partial charge on any atom is 0.216 e. The van der Waals surface area contributed by atoms with Gasteiger partial charge in [0.15, 0.2) is 0 Å². The summed E-state index contributed by atoms with van der Waals surface area (Å²) in [6.07, 6.45) is 4.32. The summed E-state index contributed by atoms with van der Waals surface area (Å²) in [5, 5.41) is 8.70. The van der Waals surface area contributed by atoms with Crippen molar-refractivity contribution in [1.82, 2.24) is 4.31 Å². The number of rotatable bonds is 6. The van der Waals surface area contributed by atoms with Crippen LogP contribution in [0.1, 0.15) is 25.7 Å². The monoisotopic (exact) mass is 219 g/mol. The van der Waals surface area contributed by atoms with Crippen LogP contribution in [-0.4, -0.2) is 42.8 Å². The quantitative estimate of drug-likeness (QED) is 0.693. The molecule has 0 aromatic carbocycles. The van der Waals surface area contributed by atoms with Gasteiger partial charge < -0.3 is 5.11 Å². The van der Waals surface area contributed by atoms with E-state index in [1.807, 2.05) is 0 Å². The average molecular weight is 219 g/mol. The fourth-order valence-corrected chi connectivity index (χ4v) is 3.21. The van der Waals surface area contributed by atoms with Crippen LogP contribution in [0, 0.1) is 5.92 Å². The Kier molecular flexibility index (Phi) is 2.81. The minimum Gasteiger partial charge on any atom is -0.395 e. The summed E-state index contributed by atoms with van der Waals surface area (Å²) in [4.78, 5) is 0. The summed E-state index contributed by atoms with van der Waals surface area (Å²) in [6.45, 7) is 0.420. The van der Waals surface area contributed by atoms with Gasteiger partial charge in [0, 0.05) is 12.6 Å². The Labute approximate surface area is 85.0 Å². The molecule has 2 aliphatic carbocycles. The van der Waals surface area contributed by atoms with Gasteiger partial charge in [0.05, 0.1) is 12.4 Å². The van der Waals surface area contributed by atoms with Crippen molar-refractivity contribution in [2.75, 3.05) is 18.9 Å². The highest BCUT2D eigenvalue weighted by Gasteiger charge is 2.39. The molecule has 5 heteroatoms. The summed E-state index contributed by atoms with van der Waals surface area (Å²) in [6, 6.07) is 0.243. The van der Waals surface area contributed by atoms with E-state index in [9.17, 15) is 8.42 Å². The average Bonchev–Trinajstić information content (AvgIpc) is 2.95. The Balaban J connectivity index is 2.00. The second-order valence-electron chi connectivity index (χ2n) is 4.28. The minimum atomic E-state index is -3.18. The van der Waals surface area contributed by atoms with Crippen LogP contribution in [0.25, 0.3) is 0 Å². The largest absolute Gasteiger partial charge is 0.395 e. The first kappa shape index (κ1) is 10.4. The van der Waals surface area contributed by atoms with E-state index in [0.717, 1.165) is 25.7 Å². The zero-order valence-corrected chi connectivity index (χ0v) is 9.04. The van der Waals surface area contributed by atoms with E-state index >= 15 is 0 Å². The van der Waals surface area contributed by atoms with Crippen LogP contribution in [0.15, 0.2) is 0 Å². The third-order valence-electron chi connectivity index (χ3n) is 2.80. The standard InChI is InChI=1S/C9H17NO3S/c11-5-6-14(12,13)10(9-3-4-9)7-8-1-2-8/h8-9,11H,1-7H2. The van der Waals surface area contributed by atoms with Gasteiger partial charge in [-0.3, -0.25) is 0 Å². The third kappa shape index (κ3) is 2.46. The highest BCUT2D eigenvalue weighted by Crippen LogP contribution is 2.36. The molecule has 82 valence electrons. The summed E-state index contributed by atoms with van der Waals surface area (Å²) in [5.74, 6) is 0.472. The fraction of sp³-hybridized carbons (Fsp3) is 1.00. The summed E-state index contributed by atoms with van der Waals surface area (Å²) in [7, 11) is -3.18. The molecule has 2 fully saturated rings. The fourth-order valence-electron chi connectivity index (χ4n) is 1.64. The number of hydrogen-bond donors (Lipinski definition) is 1. The van der Waals surface area contributed by atoms with Crippen LogP contribution >= 0.6 is 0 Å². The number of aliphatic hydroxyl groups excluding tert-OH is 1. The van der Waals surface area contributed by atoms with Gasteiger partial charge in [0.2, 0.25) is 10.0 Å². The predicted molar refractivity (Wildman–Crippen MR) is 53.3 cm³/mol. The van der Waals surface area contributed by atoms with Crippen LogP contribution < -0.4 is 0 Å². The Morgan fingerprint density at radius 3 is 2.29 bits per heavy atom. The molecule has 0 bridgehead atoms. The van der Waals surface area contributed by atoms with E-state index in [1.165, 1.54) is 0 Å². The number of hydrogen-bond acceptors (Lipinski definition) is 3.